The van der Waals surface area contributed by atoms with Crippen molar-refractivity contribution in [3.05, 3.63) is 48.0 Å². The first-order chi connectivity index (χ1) is 13.2. The molecule has 0 atom stereocenters. The van der Waals surface area contributed by atoms with Crippen LogP contribution in [0.1, 0.15) is 10.4 Å². The lowest BCUT2D eigenvalue weighted by molar-refractivity contribution is 0.0746. The number of nitrogens with zero attached hydrogens (tertiary/aromatic N) is 3. The van der Waals surface area contributed by atoms with E-state index < -0.39 is 0 Å². The summed E-state index contributed by atoms with van der Waals surface area (Å²) in [6.45, 7) is 3.01. The van der Waals surface area contributed by atoms with Gasteiger partial charge < -0.3 is 14.5 Å². The van der Waals surface area contributed by atoms with E-state index in [0.717, 1.165) is 29.5 Å². The van der Waals surface area contributed by atoms with E-state index in [2.05, 4.69) is 29.4 Å². The first kappa shape index (κ1) is 18.1. The molecule has 0 radical (unpaired) electrons. The van der Waals surface area contributed by atoms with Crippen LogP contribution in [-0.4, -0.2) is 55.3 Å². The first-order valence-corrected chi connectivity index (χ1v) is 10.9. The molecule has 140 valence electrons. The van der Waals surface area contributed by atoms with Crippen LogP contribution in [0.2, 0.25) is 0 Å². The van der Waals surface area contributed by atoms with E-state index in [1.54, 1.807) is 30.2 Å². The average Bonchev–Trinajstić information content (AvgIpc) is 3.18. The largest absolute Gasteiger partial charge is 0.497 e. The number of amides is 1. The number of fused-ring (bicyclic) bond motifs is 1. The highest BCUT2D eigenvalue weighted by molar-refractivity contribution is 7.98. The van der Waals surface area contributed by atoms with Crippen molar-refractivity contribution in [2.45, 2.75) is 4.90 Å². The molecule has 0 unspecified atom stereocenters. The Balaban J connectivity index is 1.44. The Bertz CT molecular complexity index is 948. The molecule has 1 aliphatic rings. The molecule has 1 fully saturated rings. The Morgan fingerprint density at radius 3 is 2.52 bits per heavy atom. The van der Waals surface area contributed by atoms with Gasteiger partial charge in [-0.15, -0.1) is 11.8 Å². The highest BCUT2D eigenvalue weighted by atomic mass is 32.2. The zero-order valence-electron chi connectivity index (χ0n) is 15.3. The minimum atomic E-state index is 0.0753. The minimum absolute atomic E-state index is 0.0753. The summed E-state index contributed by atoms with van der Waals surface area (Å²) in [6, 6.07) is 13.6. The number of piperazine rings is 1. The van der Waals surface area contributed by atoms with E-state index in [4.69, 9.17) is 9.72 Å². The zero-order chi connectivity index (χ0) is 18.8. The maximum Gasteiger partial charge on any atom is 0.253 e. The van der Waals surface area contributed by atoms with Gasteiger partial charge >= 0.3 is 0 Å². The number of hydrogen-bond donors (Lipinski definition) is 0. The summed E-state index contributed by atoms with van der Waals surface area (Å²) in [4.78, 5) is 23.0. The third-order valence-corrected chi connectivity index (χ3v) is 6.62. The van der Waals surface area contributed by atoms with Crippen LogP contribution in [0, 0.1) is 0 Å². The number of methoxy groups -OCH3 is 1. The molecule has 0 bridgehead atoms. The molecule has 1 amide bonds. The zero-order valence-corrected chi connectivity index (χ0v) is 17.0. The number of anilines is 1. The number of rotatable bonds is 4. The van der Waals surface area contributed by atoms with Crippen LogP contribution in [0.5, 0.6) is 5.75 Å². The van der Waals surface area contributed by atoms with Crippen LogP contribution < -0.4 is 9.64 Å². The van der Waals surface area contributed by atoms with Crippen molar-refractivity contribution in [3.63, 3.8) is 0 Å². The van der Waals surface area contributed by atoms with Crippen LogP contribution in [0.3, 0.4) is 0 Å². The number of thiazole rings is 1. The fraction of sp³-hybridized carbons (Fsp3) is 0.300. The van der Waals surface area contributed by atoms with Gasteiger partial charge in [0.2, 0.25) is 0 Å². The van der Waals surface area contributed by atoms with E-state index in [0.29, 0.717) is 18.7 Å². The Labute approximate surface area is 166 Å². The molecule has 1 aromatic heterocycles. The van der Waals surface area contributed by atoms with Gasteiger partial charge in [-0.05, 0) is 42.7 Å². The monoisotopic (exact) mass is 399 g/mol. The molecule has 2 heterocycles. The minimum Gasteiger partial charge on any atom is -0.497 e. The highest BCUT2D eigenvalue weighted by Crippen LogP contribution is 2.34. The van der Waals surface area contributed by atoms with Gasteiger partial charge in [0, 0.05) is 36.6 Å². The topological polar surface area (TPSA) is 45.7 Å². The number of benzene rings is 2. The SMILES string of the molecule is COc1ccc(C(=O)N2CCN(c3nc4c(SC)cccc4s3)CC2)cc1. The molecule has 2 aromatic carbocycles. The lowest BCUT2D eigenvalue weighted by Crippen LogP contribution is -2.48. The molecule has 1 saturated heterocycles. The molecule has 5 nitrogen and oxygen atoms in total. The van der Waals surface area contributed by atoms with Crippen molar-refractivity contribution in [1.82, 2.24) is 9.88 Å². The van der Waals surface area contributed by atoms with Crippen LogP contribution >= 0.6 is 23.1 Å². The second-order valence-corrected chi connectivity index (χ2v) is 8.17. The Kier molecular flexibility index (Phi) is 5.22. The third kappa shape index (κ3) is 3.61. The normalized spacial score (nSPS) is 14.6. The molecule has 27 heavy (non-hydrogen) atoms. The average molecular weight is 400 g/mol. The number of aromatic nitrogens is 1. The fourth-order valence-corrected chi connectivity index (χ4v) is 4.90. The maximum atomic E-state index is 12.7. The summed E-state index contributed by atoms with van der Waals surface area (Å²) < 4.78 is 6.38. The molecule has 0 spiro atoms. The number of hydrogen-bond acceptors (Lipinski definition) is 6. The van der Waals surface area contributed by atoms with E-state index in [9.17, 15) is 4.79 Å². The number of carbonyl (C=O) groups is 1. The molecule has 7 heteroatoms. The summed E-state index contributed by atoms with van der Waals surface area (Å²) in [6.07, 6.45) is 2.08. The van der Waals surface area contributed by atoms with Crippen LogP contribution in [0.15, 0.2) is 47.4 Å². The standard InChI is InChI=1S/C20H21N3O2S2/c1-25-15-8-6-14(7-9-15)19(24)22-10-12-23(13-11-22)20-21-18-16(26-2)4-3-5-17(18)27-20/h3-9H,10-13H2,1-2H3. The smallest absolute Gasteiger partial charge is 0.253 e. The lowest BCUT2D eigenvalue weighted by atomic mass is 10.1. The number of para-hydroxylation sites is 1. The molecule has 0 saturated carbocycles. The highest BCUT2D eigenvalue weighted by Gasteiger charge is 2.24. The summed E-state index contributed by atoms with van der Waals surface area (Å²) in [5.74, 6) is 0.836. The molecular formula is C20H21N3O2S2. The van der Waals surface area contributed by atoms with E-state index >= 15 is 0 Å². The van der Waals surface area contributed by atoms with E-state index in [1.165, 1.54) is 9.60 Å². The molecule has 4 rings (SSSR count). The lowest BCUT2D eigenvalue weighted by Gasteiger charge is -2.34. The summed E-state index contributed by atoms with van der Waals surface area (Å²) in [5.41, 5.74) is 1.79. The van der Waals surface area contributed by atoms with Crippen LogP contribution in [-0.2, 0) is 0 Å². The van der Waals surface area contributed by atoms with Gasteiger partial charge in [0.1, 0.15) is 5.75 Å². The second kappa shape index (κ2) is 7.78. The summed E-state index contributed by atoms with van der Waals surface area (Å²) in [7, 11) is 1.63. The Morgan fingerprint density at radius 2 is 1.85 bits per heavy atom. The van der Waals surface area contributed by atoms with E-state index in [-0.39, 0.29) is 5.91 Å². The van der Waals surface area contributed by atoms with Crippen LogP contribution in [0.25, 0.3) is 10.2 Å². The fourth-order valence-electron chi connectivity index (χ4n) is 3.23. The predicted molar refractivity (Wildman–Crippen MR) is 113 cm³/mol. The Morgan fingerprint density at radius 1 is 1.11 bits per heavy atom. The number of thioether (sulfide) groups is 1. The molecule has 1 aliphatic heterocycles. The van der Waals surface area contributed by atoms with E-state index in [1.807, 2.05) is 29.2 Å². The summed E-state index contributed by atoms with van der Waals surface area (Å²) >= 11 is 3.45. The molecule has 3 aromatic rings. The quantitative estimate of drug-likeness (QED) is 0.621. The van der Waals surface area contributed by atoms with Crippen molar-refractivity contribution < 1.29 is 9.53 Å². The van der Waals surface area contributed by atoms with Crippen LogP contribution in [0.4, 0.5) is 5.13 Å². The van der Waals surface area contributed by atoms with Gasteiger partial charge in [0.05, 0.1) is 17.3 Å². The first-order valence-electron chi connectivity index (χ1n) is 8.81. The van der Waals surface area contributed by atoms with Crippen molar-refractivity contribution in [2.75, 3.05) is 44.4 Å². The molecule has 0 aliphatic carbocycles. The summed E-state index contributed by atoms with van der Waals surface area (Å²) in [5, 5.41) is 1.04. The van der Waals surface area contributed by atoms with Gasteiger partial charge in [-0.1, -0.05) is 17.4 Å². The van der Waals surface area contributed by atoms with Crippen molar-refractivity contribution >= 4 is 44.4 Å². The van der Waals surface area contributed by atoms with Gasteiger partial charge in [0.25, 0.3) is 5.91 Å². The van der Waals surface area contributed by atoms with Gasteiger partial charge in [-0.25, -0.2) is 4.98 Å². The Hall–Kier alpha value is -2.25. The van der Waals surface area contributed by atoms with Gasteiger partial charge in [-0.3, -0.25) is 4.79 Å². The van der Waals surface area contributed by atoms with Crippen molar-refractivity contribution in [3.8, 4) is 5.75 Å². The molecule has 0 N–H and O–H groups in total. The number of ether oxygens (including phenoxy) is 1. The van der Waals surface area contributed by atoms with Crippen molar-refractivity contribution in [1.29, 1.82) is 0 Å². The third-order valence-electron chi connectivity index (χ3n) is 4.76. The predicted octanol–water partition coefficient (Wildman–Crippen LogP) is 3.99. The maximum absolute atomic E-state index is 12.7. The second-order valence-electron chi connectivity index (χ2n) is 6.31. The number of carbonyl (C=O) groups excluding carboxylic acids is 1. The van der Waals surface area contributed by atoms with Gasteiger partial charge in [-0.2, -0.15) is 0 Å². The van der Waals surface area contributed by atoms with Gasteiger partial charge in [0.15, 0.2) is 5.13 Å². The molecular weight excluding hydrogens is 378 g/mol. The van der Waals surface area contributed by atoms with Crippen molar-refractivity contribution in [2.24, 2.45) is 0 Å².